The fraction of sp³-hybridized carbons (Fsp3) is 0.417. The van der Waals surface area contributed by atoms with Gasteiger partial charge in [-0.15, -0.1) is 0 Å². The number of urea groups is 1. The molecule has 2 saturated heterocycles. The molecule has 4 rings (SSSR count). The van der Waals surface area contributed by atoms with Crippen LogP contribution in [0.25, 0.3) is 0 Å². The van der Waals surface area contributed by atoms with E-state index < -0.39 is 15.8 Å². The highest BCUT2D eigenvalue weighted by Crippen LogP contribution is 2.20. The van der Waals surface area contributed by atoms with E-state index in [0.717, 1.165) is 38.4 Å². The number of sulfonamides is 1. The van der Waals surface area contributed by atoms with Crippen LogP contribution in [0.2, 0.25) is 0 Å². The smallest absolute Gasteiger partial charge is 0.320 e. The number of hydrogen-bond donors (Lipinski definition) is 1. The molecule has 10 heteroatoms. The molecule has 34 heavy (non-hydrogen) atoms. The molecule has 0 saturated carbocycles. The topological polar surface area (TPSA) is 90.0 Å². The lowest BCUT2D eigenvalue weighted by molar-refractivity contribution is 0.0633. The summed E-state index contributed by atoms with van der Waals surface area (Å²) < 4.78 is 41.1. The van der Waals surface area contributed by atoms with Crippen molar-refractivity contribution in [1.29, 1.82) is 0 Å². The number of rotatable bonds is 4. The average molecular weight is 489 g/mol. The SMILES string of the molecule is Cc1cc(S(=O)(=O)Nc2ccc(C(=O)N3CCN(C(=O)N4CCCCC4)CC3)cc2)ccc1F. The van der Waals surface area contributed by atoms with E-state index in [0.29, 0.717) is 37.4 Å². The number of carbonyl (C=O) groups excluding carboxylic acids is 2. The van der Waals surface area contributed by atoms with E-state index in [9.17, 15) is 22.4 Å². The van der Waals surface area contributed by atoms with Gasteiger partial charge in [0.15, 0.2) is 0 Å². The molecule has 0 bridgehead atoms. The molecule has 0 aromatic heterocycles. The van der Waals surface area contributed by atoms with Crippen molar-refractivity contribution in [2.75, 3.05) is 44.0 Å². The van der Waals surface area contributed by atoms with Crippen molar-refractivity contribution < 1.29 is 22.4 Å². The van der Waals surface area contributed by atoms with Gasteiger partial charge in [-0.2, -0.15) is 0 Å². The summed E-state index contributed by atoms with van der Waals surface area (Å²) in [6, 6.07) is 9.84. The van der Waals surface area contributed by atoms with Gasteiger partial charge >= 0.3 is 6.03 Å². The molecule has 0 unspecified atom stereocenters. The van der Waals surface area contributed by atoms with Crippen LogP contribution in [0.1, 0.15) is 35.2 Å². The van der Waals surface area contributed by atoms with Crippen molar-refractivity contribution in [3.05, 3.63) is 59.4 Å². The molecule has 3 amide bonds. The molecular formula is C24H29FN4O4S. The second kappa shape index (κ2) is 10.0. The molecule has 8 nitrogen and oxygen atoms in total. The maximum Gasteiger partial charge on any atom is 0.320 e. The third-order valence-corrected chi connectivity index (χ3v) is 7.67. The summed E-state index contributed by atoms with van der Waals surface area (Å²) in [7, 11) is -3.88. The van der Waals surface area contributed by atoms with Crippen LogP contribution in [0.5, 0.6) is 0 Å². The number of piperidine rings is 1. The number of benzene rings is 2. The Balaban J connectivity index is 1.34. The first-order valence-electron chi connectivity index (χ1n) is 11.5. The highest BCUT2D eigenvalue weighted by atomic mass is 32.2. The first kappa shape index (κ1) is 24.0. The van der Waals surface area contributed by atoms with E-state index in [-0.39, 0.29) is 22.4 Å². The zero-order valence-corrected chi connectivity index (χ0v) is 20.0. The summed E-state index contributed by atoms with van der Waals surface area (Å²) in [5.41, 5.74) is 0.980. The van der Waals surface area contributed by atoms with Gasteiger partial charge in [0.25, 0.3) is 15.9 Å². The predicted octanol–water partition coefficient (Wildman–Crippen LogP) is 3.30. The second-order valence-corrected chi connectivity index (χ2v) is 10.4. The standard InChI is InChI=1S/C24H29FN4O4S/c1-18-17-21(9-10-22(18)25)34(32,33)26-20-7-5-19(6-8-20)23(30)27-13-15-29(16-14-27)24(31)28-11-3-2-4-12-28/h5-10,17,26H,2-4,11-16H2,1H3. The molecule has 0 aliphatic carbocycles. The Morgan fingerprint density at radius 1 is 0.824 bits per heavy atom. The number of likely N-dealkylation sites (tertiary alicyclic amines) is 1. The normalized spacial score (nSPS) is 16.9. The maximum absolute atomic E-state index is 13.5. The number of carbonyl (C=O) groups is 2. The van der Waals surface area contributed by atoms with Gasteiger partial charge in [0.05, 0.1) is 4.90 Å². The molecule has 1 N–H and O–H groups in total. The lowest BCUT2D eigenvalue weighted by Gasteiger charge is -2.38. The maximum atomic E-state index is 13.5. The Morgan fingerprint density at radius 2 is 1.41 bits per heavy atom. The summed E-state index contributed by atoms with van der Waals surface area (Å²) in [5.74, 6) is -0.632. The van der Waals surface area contributed by atoms with Crippen LogP contribution >= 0.6 is 0 Å². The van der Waals surface area contributed by atoms with Crippen LogP contribution in [0, 0.1) is 12.7 Å². The van der Waals surface area contributed by atoms with Crippen LogP contribution < -0.4 is 4.72 Å². The van der Waals surface area contributed by atoms with Gasteiger partial charge in [0.1, 0.15) is 5.82 Å². The summed E-state index contributed by atoms with van der Waals surface area (Å²) in [5, 5.41) is 0. The fourth-order valence-electron chi connectivity index (χ4n) is 4.25. The number of nitrogens with one attached hydrogen (secondary N) is 1. The Hall–Kier alpha value is -3.14. The number of piperazine rings is 1. The van der Waals surface area contributed by atoms with Crippen molar-refractivity contribution in [2.24, 2.45) is 0 Å². The molecule has 2 fully saturated rings. The summed E-state index contributed by atoms with van der Waals surface area (Å²) in [4.78, 5) is 30.9. The first-order chi connectivity index (χ1) is 16.2. The third kappa shape index (κ3) is 5.32. The average Bonchev–Trinajstić information content (AvgIpc) is 2.85. The molecule has 2 aromatic carbocycles. The van der Waals surface area contributed by atoms with Gasteiger partial charge in [-0.3, -0.25) is 9.52 Å². The minimum absolute atomic E-state index is 0.0384. The van der Waals surface area contributed by atoms with E-state index in [2.05, 4.69) is 4.72 Å². The summed E-state index contributed by atoms with van der Waals surface area (Å²) >= 11 is 0. The largest absolute Gasteiger partial charge is 0.335 e. The number of amides is 3. The zero-order valence-electron chi connectivity index (χ0n) is 19.2. The molecule has 0 radical (unpaired) electrons. The lowest BCUT2D eigenvalue weighted by atomic mass is 10.1. The molecule has 182 valence electrons. The van der Waals surface area contributed by atoms with Crippen LogP contribution in [0.3, 0.4) is 0 Å². The van der Waals surface area contributed by atoms with E-state index in [1.165, 1.54) is 31.2 Å². The highest BCUT2D eigenvalue weighted by molar-refractivity contribution is 7.92. The first-order valence-corrected chi connectivity index (χ1v) is 12.9. The minimum Gasteiger partial charge on any atom is -0.335 e. The van der Waals surface area contributed by atoms with E-state index in [4.69, 9.17) is 0 Å². The van der Waals surface area contributed by atoms with Gasteiger partial charge in [-0.1, -0.05) is 0 Å². The monoisotopic (exact) mass is 488 g/mol. The van der Waals surface area contributed by atoms with Gasteiger partial charge in [-0.05, 0) is 74.2 Å². The molecule has 0 spiro atoms. The number of anilines is 1. The predicted molar refractivity (Wildman–Crippen MR) is 127 cm³/mol. The van der Waals surface area contributed by atoms with E-state index >= 15 is 0 Å². The molecular weight excluding hydrogens is 459 g/mol. The van der Waals surface area contributed by atoms with Crippen molar-refractivity contribution >= 4 is 27.6 Å². The number of nitrogens with zero attached hydrogens (tertiary/aromatic N) is 3. The van der Waals surface area contributed by atoms with E-state index in [1.807, 2.05) is 9.80 Å². The van der Waals surface area contributed by atoms with Crippen LogP contribution in [0.15, 0.2) is 47.4 Å². The van der Waals surface area contributed by atoms with Gasteiger partial charge < -0.3 is 14.7 Å². The fourth-order valence-corrected chi connectivity index (χ4v) is 5.39. The molecule has 2 aliphatic rings. The molecule has 2 aliphatic heterocycles. The Morgan fingerprint density at radius 3 is 2.03 bits per heavy atom. The Bertz CT molecular complexity index is 1160. The zero-order chi connectivity index (χ0) is 24.3. The minimum atomic E-state index is -3.88. The van der Waals surface area contributed by atoms with Crippen LogP contribution in [0.4, 0.5) is 14.9 Å². The molecule has 0 atom stereocenters. The quantitative estimate of drug-likeness (QED) is 0.715. The molecule has 2 heterocycles. The van der Waals surface area contributed by atoms with Crippen molar-refractivity contribution in [3.8, 4) is 0 Å². The van der Waals surface area contributed by atoms with Gasteiger partial charge in [0, 0.05) is 50.5 Å². The Labute approximate surface area is 199 Å². The number of aryl methyl sites for hydroxylation is 1. The van der Waals surface area contributed by atoms with Crippen LogP contribution in [-0.2, 0) is 10.0 Å². The molecule has 2 aromatic rings. The summed E-state index contributed by atoms with van der Waals surface area (Å²) in [6.45, 7) is 5.00. The Kier molecular flexibility index (Phi) is 7.06. The third-order valence-electron chi connectivity index (χ3n) is 6.29. The van der Waals surface area contributed by atoms with Crippen molar-refractivity contribution in [2.45, 2.75) is 31.1 Å². The highest BCUT2D eigenvalue weighted by Gasteiger charge is 2.28. The number of hydrogen-bond acceptors (Lipinski definition) is 4. The second-order valence-electron chi connectivity index (χ2n) is 8.70. The van der Waals surface area contributed by atoms with Gasteiger partial charge in [0.2, 0.25) is 0 Å². The van der Waals surface area contributed by atoms with Crippen molar-refractivity contribution in [3.63, 3.8) is 0 Å². The van der Waals surface area contributed by atoms with E-state index in [1.54, 1.807) is 17.0 Å². The van der Waals surface area contributed by atoms with Gasteiger partial charge in [-0.25, -0.2) is 17.6 Å². The number of halogens is 1. The summed E-state index contributed by atoms with van der Waals surface area (Å²) in [6.07, 6.45) is 3.25. The lowest BCUT2D eigenvalue weighted by Crippen LogP contribution is -2.54. The van der Waals surface area contributed by atoms with Crippen LogP contribution in [-0.4, -0.2) is 74.3 Å². The van der Waals surface area contributed by atoms with Crippen molar-refractivity contribution in [1.82, 2.24) is 14.7 Å².